The summed E-state index contributed by atoms with van der Waals surface area (Å²) in [5, 5.41) is 19.1. The van der Waals surface area contributed by atoms with E-state index in [0.717, 1.165) is 0 Å². The number of hydrogen-bond acceptors (Lipinski definition) is 4. The monoisotopic (exact) mass is 260 g/mol. The lowest BCUT2D eigenvalue weighted by molar-refractivity contribution is 0.102. The second kappa shape index (κ2) is 5.09. The van der Waals surface area contributed by atoms with Gasteiger partial charge in [-0.1, -0.05) is 13.8 Å². The molecule has 0 aliphatic heterocycles. The number of aromatic nitrogens is 3. The van der Waals surface area contributed by atoms with Crippen LogP contribution in [-0.2, 0) is 0 Å². The van der Waals surface area contributed by atoms with Crippen LogP contribution in [0.15, 0.2) is 18.3 Å². The summed E-state index contributed by atoms with van der Waals surface area (Å²) in [7, 11) is 0. The van der Waals surface area contributed by atoms with Crippen molar-refractivity contribution in [1.82, 2.24) is 15.2 Å². The molecule has 0 spiro atoms. The van der Waals surface area contributed by atoms with Crippen LogP contribution in [0.4, 0.5) is 5.82 Å². The fourth-order valence-electron chi connectivity index (χ4n) is 1.82. The molecule has 0 aliphatic rings. The van der Waals surface area contributed by atoms with E-state index in [9.17, 15) is 9.90 Å². The molecule has 100 valence electrons. The zero-order chi connectivity index (χ0) is 14.0. The van der Waals surface area contributed by atoms with Gasteiger partial charge in [-0.25, -0.2) is 4.98 Å². The number of anilines is 1. The van der Waals surface area contributed by atoms with Crippen LogP contribution >= 0.6 is 0 Å². The fourth-order valence-corrected chi connectivity index (χ4v) is 1.82. The normalized spacial score (nSPS) is 10.7. The molecule has 2 aromatic rings. The topological polar surface area (TPSA) is 90.9 Å². The average Bonchev–Trinajstić information content (AvgIpc) is 2.74. The van der Waals surface area contributed by atoms with E-state index in [4.69, 9.17) is 0 Å². The van der Waals surface area contributed by atoms with E-state index in [1.165, 1.54) is 12.3 Å². The largest absolute Gasteiger partial charge is 0.504 e. The number of nitrogens with zero attached hydrogens (tertiary/aromatic N) is 2. The minimum atomic E-state index is -0.330. The van der Waals surface area contributed by atoms with Crippen molar-refractivity contribution >= 4 is 11.7 Å². The third-order valence-electron chi connectivity index (χ3n) is 2.77. The smallest absolute Gasteiger partial charge is 0.260 e. The van der Waals surface area contributed by atoms with Crippen molar-refractivity contribution in [2.45, 2.75) is 26.7 Å². The lowest BCUT2D eigenvalue weighted by Crippen LogP contribution is -2.16. The number of amides is 1. The molecule has 0 bridgehead atoms. The Bertz CT molecular complexity index is 604. The highest BCUT2D eigenvalue weighted by Gasteiger charge is 2.21. The molecule has 0 saturated carbocycles. The predicted octanol–water partition coefficient (Wildman–Crippen LogP) is 2.19. The molecule has 1 amide bonds. The summed E-state index contributed by atoms with van der Waals surface area (Å²) in [4.78, 5) is 16.2. The number of pyridine rings is 1. The summed E-state index contributed by atoms with van der Waals surface area (Å²) >= 11 is 0. The Morgan fingerprint density at radius 1 is 1.47 bits per heavy atom. The van der Waals surface area contributed by atoms with Crippen LogP contribution in [0, 0.1) is 6.92 Å². The highest BCUT2D eigenvalue weighted by molar-refractivity contribution is 6.06. The lowest BCUT2D eigenvalue weighted by Gasteiger charge is -2.08. The third-order valence-corrected chi connectivity index (χ3v) is 2.77. The molecule has 0 radical (unpaired) electrons. The zero-order valence-electron chi connectivity index (χ0n) is 11.1. The SMILES string of the molecule is Cc1[nH]nc(C(C)C)c1C(=O)Nc1ncccc1O. The van der Waals surface area contributed by atoms with Gasteiger partial charge in [-0.15, -0.1) is 0 Å². The maximum Gasteiger partial charge on any atom is 0.260 e. The highest BCUT2D eigenvalue weighted by Crippen LogP contribution is 2.23. The maximum atomic E-state index is 12.3. The van der Waals surface area contributed by atoms with Gasteiger partial charge in [0.25, 0.3) is 5.91 Å². The van der Waals surface area contributed by atoms with Crippen molar-refractivity contribution in [3.63, 3.8) is 0 Å². The first kappa shape index (κ1) is 13.1. The van der Waals surface area contributed by atoms with E-state index in [-0.39, 0.29) is 23.4 Å². The Kier molecular flexibility index (Phi) is 3.50. The molecule has 6 nitrogen and oxygen atoms in total. The van der Waals surface area contributed by atoms with Crippen molar-refractivity contribution in [2.75, 3.05) is 5.32 Å². The van der Waals surface area contributed by atoms with Crippen LogP contribution in [0.5, 0.6) is 5.75 Å². The number of nitrogens with one attached hydrogen (secondary N) is 2. The van der Waals surface area contributed by atoms with Crippen LogP contribution in [0.3, 0.4) is 0 Å². The molecular formula is C13H16N4O2. The number of aromatic hydroxyl groups is 1. The van der Waals surface area contributed by atoms with Crippen molar-refractivity contribution < 1.29 is 9.90 Å². The molecule has 0 aromatic carbocycles. The molecule has 3 N–H and O–H groups in total. The minimum absolute atomic E-state index is 0.0666. The Balaban J connectivity index is 2.31. The average molecular weight is 260 g/mol. The van der Waals surface area contributed by atoms with Gasteiger partial charge in [0, 0.05) is 11.9 Å². The standard InChI is InChI=1S/C13H16N4O2/c1-7(2)11-10(8(3)16-17-11)13(19)15-12-9(18)5-4-6-14-12/h4-7,18H,1-3H3,(H,16,17)(H,14,15,19). The van der Waals surface area contributed by atoms with Gasteiger partial charge in [-0.3, -0.25) is 9.89 Å². The summed E-state index contributed by atoms with van der Waals surface area (Å²) in [5.74, 6) is -0.127. The van der Waals surface area contributed by atoms with Gasteiger partial charge in [-0.2, -0.15) is 5.10 Å². The van der Waals surface area contributed by atoms with E-state index in [2.05, 4.69) is 20.5 Å². The van der Waals surface area contributed by atoms with Crippen LogP contribution in [0.2, 0.25) is 0 Å². The summed E-state index contributed by atoms with van der Waals surface area (Å²) in [6.45, 7) is 5.71. The van der Waals surface area contributed by atoms with Crippen LogP contribution in [-0.4, -0.2) is 26.2 Å². The second-order valence-corrected chi connectivity index (χ2v) is 4.59. The van der Waals surface area contributed by atoms with Gasteiger partial charge >= 0.3 is 0 Å². The number of aryl methyl sites for hydroxylation is 1. The van der Waals surface area contributed by atoms with E-state index >= 15 is 0 Å². The summed E-state index contributed by atoms with van der Waals surface area (Å²) in [6.07, 6.45) is 1.50. The van der Waals surface area contributed by atoms with Gasteiger partial charge in [0.1, 0.15) is 0 Å². The predicted molar refractivity (Wildman–Crippen MR) is 71.3 cm³/mol. The molecule has 19 heavy (non-hydrogen) atoms. The van der Waals surface area contributed by atoms with Crippen LogP contribution in [0.1, 0.15) is 41.5 Å². The first-order valence-electron chi connectivity index (χ1n) is 6.01. The fraction of sp³-hybridized carbons (Fsp3) is 0.308. The number of carbonyl (C=O) groups is 1. The van der Waals surface area contributed by atoms with Crippen LogP contribution < -0.4 is 5.32 Å². The second-order valence-electron chi connectivity index (χ2n) is 4.59. The van der Waals surface area contributed by atoms with Crippen molar-refractivity contribution in [3.05, 3.63) is 35.3 Å². The molecule has 0 unspecified atom stereocenters. The van der Waals surface area contributed by atoms with E-state index in [1.807, 2.05) is 13.8 Å². The first-order chi connectivity index (χ1) is 9.00. The molecule has 2 rings (SSSR count). The Hall–Kier alpha value is -2.37. The van der Waals surface area contributed by atoms with Gasteiger partial charge < -0.3 is 10.4 Å². The van der Waals surface area contributed by atoms with E-state index in [1.54, 1.807) is 13.0 Å². The molecule has 0 saturated heterocycles. The van der Waals surface area contributed by atoms with E-state index in [0.29, 0.717) is 17.0 Å². The molecule has 0 fully saturated rings. The molecular weight excluding hydrogens is 244 g/mol. The highest BCUT2D eigenvalue weighted by atomic mass is 16.3. The summed E-state index contributed by atoms with van der Waals surface area (Å²) < 4.78 is 0. The minimum Gasteiger partial charge on any atom is -0.504 e. The van der Waals surface area contributed by atoms with Gasteiger partial charge in [0.2, 0.25) is 0 Å². The van der Waals surface area contributed by atoms with Gasteiger partial charge in [0.15, 0.2) is 11.6 Å². The number of H-pyrrole nitrogens is 1. The number of hydrogen-bond donors (Lipinski definition) is 3. The Labute approximate surface area is 110 Å². The third kappa shape index (κ3) is 2.57. The van der Waals surface area contributed by atoms with Gasteiger partial charge in [0.05, 0.1) is 11.3 Å². The maximum absolute atomic E-state index is 12.3. The van der Waals surface area contributed by atoms with Crippen molar-refractivity contribution in [3.8, 4) is 5.75 Å². The molecule has 0 aliphatic carbocycles. The number of rotatable bonds is 3. The zero-order valence-corrected chi connectivity index (χ0v) is 11.1. The Morgan fingerprint density at radius 2 is 2.21 bits per heavy atom. The molecule has 0 atom stereocenters. The summed E-state index contributed by atoms with van der Waals surface area (Å²) in [5.41, 5.74) is 1.89. The summed E-state index contributed by atoms with van der Waals surface area (Å²) in [6, 6.07) is 3.06. The molecule has 6 heteroatoms. The van der Waals surface area contributed by atoms with Crippen molar-refractivity contribution in [1.29, 1.82) is 0 Å². The number of carbonyl (C=O) groups excluding carboxylic acids is 1. The quantitative estimate of drug-likeness (QED) is 0.789. The van der Waals surface area contributed by atoms with Crippen LogP contribution in [0.25, 0.3) is 0 Å². The van der Waals surface area contributed by atoms with Crippen molar-refractivity contribution in [2.24, 2.45) is 0 Å². The first-order valence-corrected chi connectivity index (χ1v) is 6.01. The molecule has 2 heterocycles. The van der Waals surface area contributed by atoms with E-state index < -0.39 is 0 Å². The lowest BCUT2D eigenvalue weighted by atomic mass is 10.0. The van der Waals surface area contributed by atoms with Gasteiger partial charge in [-0.05, 0) is 25.0 Å². The number of aromatic amines is 1. The Morgan fingerprint density at radius 3 is 2.84 bits per heavy atom. The molecule has 2 aromatic heterocycles.